The number of amides is 3. The van der Waals surface area contributed by atoms with E-state index in [0.29, 0.717) is 42.5 Å². The highest BCUT2D eigenvalue weighted by Crippen LogP contribution is 2.30. The van der Waals surface area contributed by atoms with Crippen molar-refractivity contribution in [3.63, 3.8) is 0 Å². The number of pyridine rings is 1. The number of halogens is 2. The third kappa shape index (κ3) is 9.05. The van der Waals surface area contributed by atoms with Crippen LogP contribution in [-0.2, 0) is 9.47 Å². The maximum atomic E-state index is 14.8. The fourth-order valence-electron chi connectivity index (χ4n) is 4.01. The largest absolute Gasteiger partial charge is 0.457 e. The van der Waals surface area contributed by atoms with Gasteiger partial charge in [0.1, 0.15) is 23.1 Å². The predicted molar refractivity (Wildman–Crippen MR) is 162 cm³/mol. The lowest BCUT2D eigenvalue weighted by atomic mass is 10.2. The van der Waals surface area contributed by atoms with Crippen LogP contribution in [-0.4, -0.2) is 43.0 Å². The summed E-state index contributed by atoms with van der Waals surface area (Å²) in [5, 5.41) is 9.43. The number of nitrogens with one attached hydrogen (secondary N) is 3. The molecule has 2 aromatic heterocycles. The van der Waals surface area contributed by atoms with Crippen molar-refractivity contribution in [2.24, 2.45) is 0 Å². The van der Waals surface area contributed by atoms with Crippen molar-refractivity contribution in [1.29, 1.82) is 0 Å². The number of anilines is 2. The molecule has 0 fully saturated rings. The Hall–Kier alpha value is -4.39. The monoisotopic (exact) mass is 610 g/mol. The van der Waals surface area contributed by atoms with Gasteiger partial charge < -0.3 is 30.2 Å². The number of benzene rings is 2. The van der Waals surface area contributed by atoms with E-state index in [4.69, 9.17) is 14.2 Å². The van der Waals surface area contributed by atoms with E-state index in [9.17, 15) is 18.4 Å². The molecule has 0 saturated heterocycles. The first-order chi connectivity index (χ1) is 20.7. The minimum atomic E-state index is -0.792. The molecule has 0 aliphatic rings. The average molecular weight is 611 g/mol. The molecule has 226 valence electrons. The molecule has 12 heteroatoms. The molecule has 43 heavy (non-hydrogen) atoms. The number of ether oxygens (including phenoxy) is 3. The standard InChI is InChI=1S/C31H32F2N4O5S/c1-4-40-29(41-5-2)11-13-35-30(38)28-15-20(18-43-28)26-17-22(10-12-34-26)42-21-7-9-25(24(33)16-21)36-31(39)37-27-14-19(3)6-8-23(27)32/h6-10,12,14-18,29H,4-5,11,13H2,1-3H3,(H,35,38)(H2,36,37,39). The van der Waals surface area contributed by atoms with Crippen molar-refractivity contribution >= 4 is 34.6 Å². The van der Waals surface area contributed by atoms with E-state index in [1.165, 1.54) is 35.6 Å². The molecule has 0 unspecified atom stereocenters. The number of carbonyl (C=O) groups excluding carboxylic acids is 2. The summed E-state index contributed by atoms with van der Waals surface area (Å²) < 4.78 is 45.5. The lowest BCUT2D eigenvalue weighted by molar-refractivity contribution is -0.138. The van der Waals surface area contributed by atoms with E-state index in [0.717, 1.165) is 17.2 Å². The van der Waals surface area contributed by atoms with Crippen LogP contribution in [0.25, 0.3) is 11.3 Å². The summed E-state index contributed by atoms with van der Waals surface area (Å²) in [4.78, 5) is 29.8. The highest BCUT2D eigenvalue weighted by molar-refractivity contribution is 7.12. The van der Waals surface area contributed by atoms with Gasteiger partial charge in [0.2, 0.25) is 0 Å². The quantitative estimate of drug-likeness (QED) is 0.137. The van der Waals surface area contributed by atoms with E-state index in [1.807, 2.05) is 19.2 Å². The summed E-state index contributed by atoms with van der Waals surface area (Å²) in [7, 11) is 0. The predicted octanol–water partition coefficient (Wildman–Crippen LogP) is 7.35. The number of carbonyl (C=O) groups is 2. The SMILES string of the molecule is CCOC(CCNC(=O)c1cc(-c2cc(Oc3ccc(NC(=O)Nc4cc(C)ccc4F)c(F)c3)ccn2)cs1)OCC. The smallest absolute Gasteiger partial charge is 0.323 e. The Morgan fingerprint density at radius 3 is 2.40 bits per heavy atom. The topological polar surface area (TPSA) is 111 Å². The van der Waals surface area contributed by atoms with Gasteiger partial charge in [0.05, 0.1) is 21.9 Å². The third-order valence-corrected chi connectivity index (χ3v) is 6.94. The number of rotatable bonds is 13. The summed E-state index contributed by atoms with van der Waals surface area (Å²) in [6.45, 7) is 6.99. The minimum Gasteiger partial charge on any atom is -0.457 e. The molecule has 0 aliphatic heterocycles. The highest BCUT2D eigenvalue weighted by atomic mass is 32.1. The van der Waals surface area contributed by atoms with Crippen LogP contribution in [0.15, 0.2) is 66.2 Å². The normalized spacial score (nSPS) is 10.9. The van der Waals surface area contributed by atoms with Crippen molar-refractivity contribution in [2.75, 3.05) is 30.4 Å². The zero-order chi connectivity index (χ0) is 30.8. The van der Waals surface area contributed by atoms with Crippen molar-refractivity contribution in [3.8, 4) is 22.8 Å². The molecule has 0 atom stereocenters. The van der Waals surface area contributed by atoms with Gasteiger partial charge in [-0.1, -0.05) is 6.07 Å². The summed E-state index contributed by atoms with van der Waals surface area (Å²) in [6, 6.07) is 12.5. The van der Waals surface area contributed by atoms with Gasteiger partial charge in [-0.15, -0.1) is 11.3 Å². The molecular formula is C31H32F2N4O5S. The van der Waals surface area contributed by atoms with Crippen LogP contribution in [0.2, 0.25) is 0 Å². The van der Waals surface area contributed by atoms with Gasteiger partial charge in [-0.3, -0.25) is 9.78 Å². The molecule has 0 bridgehead atoms. The van der Waals surface area contributed by atoms with E-state index in [-0.39, 0.29) is 29.3 Å². The van der Waals surface area contributed by atoms with Crippen molar-refractivity contribution in [2.45, 2.75) is 33.5 Å². The Balaban J connectivity index is 1.35. The lowest BCUT2D eigenvalue weighted by Crippen LogP contribution is -2.28. The maximum absolute atomic E-state index is 14.8. The number of urea groups is 1. The van der Waals surface area contributed by atoms with Crippen LogP contribution in [0.5, 0.6) is 11.5 Å². The number of aryl methyl sites for hydroxylation is 1. The first kappa shape index (κ1) is 31.5. The molecular weight excluding hydrogens is 578 g/mol. The molecule has 3 amide bonds. The van der Waals surface area contributed by atoms with Gasteiger partial charge in [0, 0.05) is 55.5 Å². The summed E-state index contributed by atoms with van der Waals surface area (Å²) in [6.07, 6.45) is 1.71. The van der Waals surface area contributed by atoms with Crippen LogP contribution in [0.3, 0.4) is 0 Å². The van der Waals surface area contributed by atoms with Gasteiger partial charge >= 0.3 is 6.03 Å². The Labute approximate surface area is 252 Å². The zero-order valence-electron chi connectivity index (χ0n) is 23.9. The second kappa shape index (κ2) is 15.2. The van der Waals surface area contributed by atoms with E-state index in [2.05, 4.69) is 20.9 Å². The van der Waals surface area contributed by atoms with Crippen LogP contribution in [0.4, 0.5) is 25.0 Å². The van der Waals surface area contributed by atoms with Crippen molar-refractivity contribution in [1.82, 2.24) is 10.3 Å². The Bertz CT molecular complexity index is 1560. The van der Waals surface area contributed by atoms with Crippen molar-refractivity contribution < 1.29 is 32.6 Å². The average Bonchev–Trinajstić information content (AvgIpc) is 3.48. The Morgan fingerprint density at radius 2 is 1.65 bits per heavy atom. The molecule has 3 N–H and O–H groups in total. The second-order valence-electron chi connectivity index (χ2n) is 9.27. The first-order valence-corrected chi connectivity index (χ1v) is 14.5. The van der Waals surface area contributed by atoms with Crippen molar-refractivity contribution in [3.05, 3.63) is 88.2 Å². The van der Waals surface area contributed by atoms with Gasteiger partial charge in [0.25, 0.3) is 5.91 Å². The molecule has 4 rings (SSSR count). The zero-order valence-corrected chi connectivity index (χ0v) is 24.7. The Morgan fingerprint density at radius 1 is 0.907 bits per heavy atom. The molecule has 0 aliphatic carbocycles. The number of aromatic nitrogens is 1. The van der Waals surface area contributed by atoms with E-state index < -0.39 is 17.7 Å². The summed E-state index contributed by atoms with van der Waals surface area (Å²) in [5.41, 5.74) is 1.93. The van der Waals surface area contributed by atoms with Gasteiger partial charge in [-0.25, -0.2) is 13.6 Å². The summed E-state index contributed by atoms with van der Waals surface area (Å²) in [5.74, 6) is -0.972. The van der Waals surface area contributed by atoms with Gasteiger partial charge in [-0.2, -0.15) is 0 Å². The van der Waals surface area contributed by atoms with E-state index in [1.54, 1.807) is 37.4 Å². The molecule has 0 radical (unpaired) electrons. The van der Waals surface area contributed by atoms with Crippen LogP contribution >= 0.6 is 11.3 Å². The number of nitrogens with zero attached hydrogens (tertiary/aromatic N) is 1. The maximum Gasteiger partial charge on any atom is 0.323 e. The molecule has 2 aromatic carbocycles. The highest BCUT2D eigenvalue weighted by Gasteiger charge is 2.15. The van der Waals surface area contributed by atoms with Gasteiger partial charge in [0.15, 0.2) is 6.29 Å². The fourth-order valence-corrected chi connectivity index (χ4v) is 4.82. The number of thiophene rings is 1. The van der Waals surface area contributed by atoms with E-state index >= 15 is 0 Å². The van der Waals surface area contributed by atoms with Crippen LogP contribution < -0.4 is 20.7 Å². The summed E-state index contributed by atoms with van der Waals surface area (Å²) >= 11 is 1.29. The van der Waals surface area contributed by atoms with Crippen LogP contribution in [0.1, 0.15) is 35.5 Å². The minimum absolute atomic E-state index is 0.0158. The lowest BCUT2D eigenvalue weighted by Gasteiger charge is -2.16. The molecule has 9 nitrogen and oxygen atoms in total. The second-order valence-corrected chi connectivity index (χ2v) is 10.2. The fraction of sp³-hybridized carbons (Fsp3) is 0.258. The number of hydrogen-bond donors (Lipinski definition) is 3. The first-order valence-electron chi connectivity index (χ1n) is 13.6. The third-order valence-electron chi connectivity index (χ3n) is 6.02. The van der Waals surface area contributed by atoms with Gasteiger partial charge in [-0.05, 0) is 62.7 Å². The van der Waals surface area contributed by atoms with Crippen LogP contribution in [0, 0.1) is 18.6 Å². The molecule has 0 spiro atoms. The molecule has 4 aromatic rings. The molecule has 0 saturated carbocycles. The Kier molecular flexibility index (Phi) is 11.1. The molecule has 2 heterocycles. The number of hydrogen-bond acceptors (Lipinski definition) is 7.